The fourth-order valence-corrected chi connectivity index (χ4v) is 3.00. The van der Waals surface area contributed by atoms with E-state index in [0.717, 1.165) is 11.1 Å². The van der Waals surface area contributed by atoms with Gasteiger partial charge in [-0.1, -0.05) is 29.8 Å². The van der Waals surface area contributed by atoms with Crippen LogP contribution in [0, 0.1) is 6.92 Å². The minimum absolute atomic E-state index is 0.244. The molecule has 0 aromatic heterocycles. The number of benzene rings is 2. The van der Waals surface area contributed by atoms with Crippen LogP contribution in [0.2, 0.25) is 0 Å². The lowest BCUT2D eigenvalue weighted by Gasteiger charge is -2.08. The molecule has 0 fully saturated rings. The fraction of sp³-hybridized carbons (Fsp3) is 0.188. The lowest BCUT2D eigenvalue weighted by atomic mass is 10.1. The maximum atomic E-state index is 12.1. The first-order valence-corrected chi connectivity index (χ1v) is 8.48. The Morgan fingerprint density at radius 1 is 1.09 bits per heavy atom. The molecule has 2 rings (SSSR count). The van der Waals surface area contributed by atoms with E-state index in [1.54, 1.807) is 48.5 Å². The van der Waals surface area contributed by atoms with Crippen LogP contribution in [0.3, 0.4) is 0 Å². The van der Waals surface area contributed by atoms with E-state index in [9.17, 15) is 13.2 Å². The minimum atomic E-state index is -3.51. The first-order chi connectivity index (χ1) is 10.9. The molecule has 7 heteroatoms. The summed E-state index contributed by atoms with van der Waals surface area (Å²) >= 11 is 0. The predicted octanol–water partition coefficient (Wildman–Crippen LogP) is 1.97. The summed E-state index contributed by atoms with van der Waals surface area (Å²) in [6.45, 7) is 2.17. The Morgan fingerprint density at radius 2 is 1.70 bits per heavy atom. The van der Waals surface area contributed by atoms with Crippen molar-refractivity contribution in [1.82, 2.24) is 4.72 Å². The monoisotopic (exact) mass is 334 g/mol. The summed E-state index contributed by atoms with van der Waals surface area (Å²) in [5, 5.41) is 0. The van der Waals surface area contributed by atoms with Crippen LogP contribution in [0.15, 0.2) is 53.4 Å². The topological polar surface area (TPSA) is 98.5 Å². The molecule has 2 aromatic carbocycles. The second-order valence-corrected chi connectivity index (χ2v) is 6.79. The largest absolute Gasteiger partial charge is 0.411 e. The number of ether oxygens (including phenoxy) is 1. The molecule has 3 N–H and O–H groups in total. The second kappa shape index (κ2) is 7.26. The Bertz CT molecular complexity index is 769. The molecule has 0 radical (unpaired) electrons. The Morgan fingerprint density at radius 3 is 2.26 bits per heavy atom. The summed E-state index contributed by atoms with van der Waals surface area (Å²) in [5.41, 5.74) is 6.83. The maximum absolute atomic E-state index is 12.1. The zero-order valence-corrected chi connectivity index (χ0v) is 13.5. The van der Waals surface area contributed by atoms with E-state index in [-0.39, 0.29) is 11.4 Å². The Labute approximate surface area is 135 Å². The van der Waals surface area contributed by atoms with Gasteiger partial charge >= 0.3 is 6.09 Å². The average Bonchev–Trinajstić information content (AvgIpc) is 2.49. The normalized spacial score (nSPS) is 11.2. The highest BCUT2D eigenvalue weighted by molar-refractivity contribution is 7.89. The third-order valence-electron chi connectivity index (χ3n) is 3.18. The molecule has 0 saturated heterocycles. The van der Waals surface area contributed by atoms with Gasteiger partial charge in [-0.05, 0) is 43.2 Å². The van der Waals surface area contributed by atoms with Gasteiger partial charge in [0.1, 0.15) is 5.75 Å². The number of aryl methyl sites for hydroxylation is 1. The molecule has 0 unspecified atom stereocenters. The van der Waals surface area contributed by atoms with Crippen molar-refractivity contribution >= 4 is 16.1 Å². The quantitative estimate of drug-likeness (QED) is 0.844. The average molecular weight is 334 g/mol. The third-order valence-corrected chi connectivity index (χ3v) is 4.66. The molecule has 2 aromatic rings. The zero-order chi connectivity index (χ0) is 16.9. The van der Waals surface area contributed by atoms with Crippen molar-refractivity contribution < 1.29 is 17.9 Å². The predicted molar refractivity (Wildman–Crippen MR) is 86.7 cm³/mol. The molecular formula is C16H18N2O4S. The Hall–Kier alpha value is -2.38. The van der Waals surface area contributed by atoms with Crippen molar-refractivity contribution in [3.8, 4) is 5.75 Å². The van der Waals surface area contributed by atoms with Gasteiger partial charge < -0.3 is 10.5 Å². The lowest BCUT2D eigenvalue weighted by Crippen LogP contribution is -2.26. The summed E-state index contributed by atoms with van der Waals surface area (Å²) in [6.07, 6.45) is -0.356. The van der Waals surface area contributed by atoms with Gasteiger partial charge in [0.15, 0.2) is 0 Å². The van der Waals surface area contributed by atoms with E-state index in [2.05, 4.69) is 4.72 Å². The molecule has 6 nitrogen and oxygen atoms in total. The van der Waals surface area contributed by atoms with Crippen molar-refractivity contribution in [3.63, 3.8) is 0 Å². The number of nitrogens with two attached hydrogens (primary N) is 1. The molecule has 0 atom stereocenters. The van der Waals surface area contributed by atoms with Crippen molar-refractivity contribution in [3.05, 3.63) is 59.7 Å². The number of sulfonamides is 1. The molecule has 23 heavy (non-hydrogen) atoms. The van der Waals surface area contributed by atoms with Crippen molar-refractivity contribution in [1.29, 1.82) is 0 Å². The van der Waals surface area contributed by atoms with Gasteiger partial charge in [-0.15, -0.1) is 0 Å². The van der Waals surface area contributed by atoms with Crippen LogP contribution in [-0.2, 0) is 16.4 Å². The van der Waals surface area contributed by atoms with Crippen molar-refractivity contribution in [2.45, 2.75) is 18.2 Å². The number of rotatable bonds is 6. The number of primary amides is 1. The van der Waals surface area contributed by atoms with E-state index in [4.69, 9.17) is 10.5 Å². The highest BCUT2D eigenvalue weighted by Gasteiger charge is 2.12. The molecule has 0 saturated carbocycles. The van der Waals surface area contributed by atoms with Crippen molar-refractivity contribution in [2.75, 3.05) is 6.54 Å². The van der Waals surface area contributed by atoms with Gasteiger partial charge in [0.2, 0.25) is 10.0 Å². The minimum Gasteiger partial charge on any atom is -0.411 e. The summed E-state index contributed by atoms with van der Waals surface area (Å²) in [6, 6.07) is 13.4. The highest BCUT2D eigenvalue weighted by Crippen LogP contribution is 2.13. The van der Waals surface area contributed by atoms with Crippen molar-refractivity contribution in [2.24, 2.45) is 5.73 Å². The summed E-state index contributed by atoms with van der Waals surface area (Å²) < 4.78 is 31.5. The maximum Gasteiger partial charge on any atom is 0.409 e. The van der Waals surface area contributed by atoms with Gasteiger partial charge in [0.05, 0.1) is 4.90 Å². The smallest absolute Gasteiger partial charge is 0.409 e. The number of amides is 1. The number of carbonyl (C=O) groups excluding carboxylic acids is 1. The SMILES string of the molecule is Cc1ccc(S(=O)(=O)NCCc2ccc(OC(N)=O)cc2)cc1. The second-order valence-electron chi connectivity index (χ2n) is 5.03. The molecular weight excluding hydrogens is 316 g/mol. The van der Waals surface area contributed by atoms with Gasteiger partial charge in [0.25, 0.3) is 0 Å². The van der Waals surface area contributed by atoms with Crippen LogP contribution in [0.25, 0.3) is 0 Å². The molecule has 0 aliphatic rings. The fourth-order valence-electron chi connectivity index (χ4n) is 1.97. The van der Waals surface area contributed by atoms with Crippen LogP contribution < -0.4 is 15.2 Å². The summed E-state index contributed by atoms with van der Waals surface area (Å²) in [5.74, 6) is 0.349. The van der Waals surface area contributed by atoms with Gasteiger partial charge in [-0.3, -0.25) is 0 Å². The van der Waals surface area contributed by atoms with Gasteiger partial charge in [-0.2, -0.15) is 0 Å². The van der Waals surface area contributed by atoms with Crippen LogP contribution in [0.5, 0.6) is 5.75 Å². The third kappa shape index (κ3) is 5.08. The van der Waals surface area contributed by atoms with E-state index >= 15 is 0 Å². The number of carbonyl (C=O) groups is 1. The molecule has 122 valence electrons. The van der Waals surface area contributed by atoms with E-state index in [0.29, 0.717) is 12.2 Å². The number of hydrogen-bond donors (Lipinski definition) is 2. The molecule has 0 bridgehead atoms. The van der Waals surface area contributed by atoms with Crippen LogP contribution in [-0.4, -0.2) is 21.1 Å². The first-order valence-electron chi connectivity index (χ1n) is 6.99. The van der Waals surface area contributed by atoms with Crippen LogP contribution >= 0.6 is 0 Å². The molecule has 0 aliphatic heterocycles. The molecule has 0 aliphatic carbocycles. The Kier molecular flexibility index (Phi) is 5.36. The summed E-state index contributed by atoms with van der Waals surface area (Å²) in [4.78, 5) is 10.9. The summed E-state index contributed by atoms with van der Waals surface area (Å²) in [7, 11) is -3.51. The number of nitrogens with one attached hydrogen (secondary N) is 1. The van der Waals surface area contributed by atoms with Gasteiger partial charge in [0, 0.05) is 6.54 Å². The lowest BCUT2D eigenvalue weighted by molar-refractivity contribution is 0.211. The highest BCUT2D eigenvalue weighted by atomic mass is 32.2. The van der Waals surface area contributed by atoms with Crippen LogP contribution in [0.1, 0.15) is 11.1 Å². The molecule has 0 heterocycles. The Balaban J connectivity index is 1.91. The standard InChI is InChI=1S/C16H18N2O4S/c1-12-2-8-15(9-3-12)23(20,21)18-11-10-13-4-6-14(7-5-13)22-16(17)19/h2-9,18H,10-11H2,1H3,(H2,17,19). The zero-order valence-electron chi connectivity index (χ0n) is 12.7. The van der Waals surface area contributed by atoms with Gasteiger partial charge in [-0.25, -0.2) is 17.9 Å². The molecule has 1 amide bonds. The first kappa shape index (κ1) is 17.0. The van der Waals surface area contributed by atoms with E-state index in [1.807, 2.05) is 6.92 Å². The van der Waals surface area contributed by atoms with E-state index < -0.39 is 16.1 Å². The number of hydrogen-bond acceptors (Lipinski definition) is 4. The van der Waals surface area contributed by atoms with E-state index in [1.165, 1.54) is 0 Å². The molecule has 0 spiro atoms. The van der Waals surface area contributed by atoms with Crippen LogP contribution in [0.4, 0.5) is 4.79 Å².